The van der Waals surface area contributed by atoms with Crippen LogP contribution in [0.25, 0.3) is 6.08 Å². The molecule has 1 aromatic rings. The molecule has 0 bridgehead atoms. The Morgan fingerprint density at radius 2 is 2.10 bits per heavy atom. The molecule has 170 valence electrons. The number of aliphatic hydroxyl groups is 1. The van der Waals surface area contributed by atoms with Crippen molar-refractivity contribution in [2.75, 3.05) is 12.9 Å². The van der Waals surface area contributed by atoms with Crippen LogP contribution >= 0.6 is 0 Å². The highest BCUT2D eigenvalue weighted by molar-refractivity contribution is 7.86. The van der Waals surface area contributed by atoms with Gasteiger partial charge >= 0.3 is 0 Å². The second-order valence-corrected chi connectivity index (χ2v) is 12.3. The molecule has 5 rings (SSSR count). The molecular weight excluding hydrogens is 418 g/mol. The van der Waals surface area contributed by atoms with Crippen LogP contribution in [0.1, 0.15) is 57.3 Å². The third-order valence-electron chi connectivity index (χ3n) is 9.01. The molecule has 0 aromatic carbocycles. The molecule has 3 fully saturated rings. The van der Waals surface area contributed by atoms with Crippen molar-refractivity contribution in [1.82, 2.24) is 5.16 Å². The van der Waals surface area contributed by atoms with Gasteiger partial charge in [0, 0.05) is 11.5 Å². The number of hydrogen-bond donors (Lipinski definition) is 1. The van der Waals surface area contributed by atoms with Crippen molar-refractivity contribution in [1.29, 1.82) is 0 Å². The zero-order chi connectivity index (χ0) is 22.2. The summed E-state index contributed by atoms with van der Waals surface area (Å²) in [5.41, 5.74) is 1.98. The number of fused-ring (bicyclic) bond motifs is 6. The molecule has 1 aromatic heterocycles. The van der Waals surface area contributed by atoms with E-state index < -0.39 is 22.8 Å². The third kappa shape index (κ3) is 3.25. The summed E-state index contributed by atoms with van der Waals surface area (Å²) < 4.78 is 32.9. The first-order valence-corrected chi connectivity index (χ1v) is 13.0. The third-order valence-corrected chi connectivity index (χ3v) is 9.56. The lowest BCUT2D eigenvalue weighted by Gasteiger charge is -2.59. The smallest absolute Gasteiger partial charge is 0.264 e. The maximum Gasteiger partial charge on any atom is 0.264 e. The summed E-state index contributed by atoms with van der Waals surface area (Å²) in [6, 6.07) is 0. The van der Waals surface area contributed by atoms with Gasteiger partial charge in [0.2, 0.25) is 0 Å². The molecule has 8 heteroatoms. The number of nitrogens with zero attached hydrogens (tertiary/aromatic N) is 1. The minimum absolute atomic E-state index is 0.134. The van der Waals surface area contributed by atoms with E-state index in [4.69, 9.17) is 8.71 Å². The van der Waals surface area contributed by atoms with Crippen molar-refractivity contribution < 1.29 is 27.0 Å². The molecule has 1 heterocycles. The molecule has 31 heavy (non-hydrogen) atoms. The summed E-state index contributed by atoms with van der Waals surface area (Å²) >= 11 is 0. The van der Waals surface area contributed by atoms with E-state index in [1.165, 1.54) is 5.57 Å². The van der Waals surface area contributed by atoms with E-state index >= 15 is 0 Å². The van der Waals surface area contributed by atoms with E-state index in [0.29, 0.717) is 18.3 Å². The van der Waals surface area contributed by atoms with E-state index in [1.807, 2.05) is 0 Å². The molecule has 0 aliphatic heterocycles. The van der Waals surface area contributed by atoms with Crippen molar-refractivity contribution >= 4 is 22.0 Å². The van der Waals surface area contributed by atoms with E-state index in [2.05, 4.69) is 25.1 Å². The van der Waals surface area contributed by atoms with Gasteiger partial charge in [0.1, 0.15) is 6.61 Å². The summed E-state index contributed by atoms with van der Waals surface area (Å²) in [5, 5.41) is 15.4. The van der Waals surface area contributed by atoms with Crippen molar-refractivity contribution in [2.45, 2.75) is 58.5 Å². The fourth-order valence-corrected chi connectivity index (χ4v) is 8.14. The second-order valence-electron chi connectivity index (χ2n) is 10.7. The van der Waals surface area contributed by atoms with Gasteiger partial charge in [0.25, 0.3) is 10.1 Å². The molecule has 0 saturated heterocycles. The van der Waals surface area contributed by atoms with Gasteiger partial charge in [-0.2, -0.15) is 8.42 Å². The molecule has 0 amide bonds. The molecule has 4 aliphatic carbocycles. The average molecular weight is 450 g/mol. The highest BCUT2D eigenvalue weighted by Crippen LogP contribution is 2.66. The molecule has 3 saturated carbocycles. The Morgan fingerprint density at radius 1 is 1.32 bits per heavy atom. The Hall–Kier alpha value is -1.51. The topological polar surface area (TPSA) is 107 Å². The lowest BCUT2D eigenvalue weighted by atomic mass is 9.46. The summed E-state index contributed by atoms with van der Waals surface area (Å²) in [4.78, 5) is 12.9. The second kappa shape index (κ2) is 6.99. The molecule has 3 unspecified atom stereocenters. The van der Waals surface area contributed by atoms with Crippen LogP contribution in [0.3, 0.4) is 0 Å². The van der Waals surface area contributed by atoms with Crippen LogP contribution in [0, 0.1) is 34.5 Å². The number of hydrogen-bond acceptors (Lipinski definition) is 7. The van der Waals surface area contributed by atoms with Crippen LogP contribution in [-0.4, -0.2) is 43.4 Å². The standard InChI is InChI=1S/C23H31NO6S/c1-22-9-13-11-24-30-20(13)8-14(22)4-5-15-16-6-7-17(19(26)12-29-31(3,27)28)23(16,2)10-18(25)21(15)22/h8,11,15-18,21,25H,4-7,9-10,12H2,1-3H3/t15?,16?,17-,18+,21?,22+,23+/m1/s1. The molecule has 1 N–H and O–H groups in total. The molecule has 7 nitrogen and oxygen atoms in total. The Bertz CT molecular complexity index is 1040. The van der Waals surface area contributed by atoms with E-state index in [0.717, 1.165) is 49.7 Å². The Balaban J connectivity index is 1.43. The first-order chi connectivity index (χ1) is 14.5. The van der Waals surface area contributed by atoms with Crippen LogP contribution in [0.15, 0.2) is 16.3 Å². The highest BCUT2D eigenvalue weighted by atomic mass is 32.2. The van der Waals surface area contributed by atoms with Gasteiger partial charge in [-0.25, -0.2) is 0 Å². The largest absolute Gasteiger partial charge is 0.393 e. The van der Waals surface area contributed by atoms with Gasteiger partial charge in [-0.15, -0.1) is 0 Å². The zero-order valence-electron chi connectivity index (χ0n) is 18.3. The van der Waals surface area contributed by atoms with Crippen molar-refractivity contribution in [3.63, 3.8) is 0 Å². The molecule has 4 aliphatic rings. The molecule has 0 spiro atoms. The Labute approximate surface area is 183 Å². The quantitative estimate of drug-likeness (QED) is 0.704. The van der Waals surface area contributed by atoms with Gasteiger partial charge in [0.15, 0.2) is 11.5 Å². The maximum absolute atomic E-state index is 12.9. The first kappa shape index (κ1) is 21.3. The van der Waals surface area contributed by atoms with Crippen molar-refractivity contribution in [3.05, 3.63) is 23.1 Å². The first-order valence-electron chi connectivity index (χ1n) is 11.2. The minimum Gasteiger partial charge on any atom is -0.393 e. The monoisotopic (exact) mass is 449 g/mol. The van der Waals surface area contributed by atoms with Gasteiger partial charge in [-0.05, 0) is 73.2 Å². The lowest BCUT2D eigenvalue weighted by Crippen LogP contribution is -2.57. The molecule has 0 radical (unpaired) electrons. The van der Waals surface area contributed by atoms with Crippen molar-refractivity contribution in [3.8, 4) is 0 Å². The summed E-state index contributed by atoms with van der Waals surface area (Å²) in [6.07, 6.45) is 9.40. The van der Waals surface area contributed by atoms with E-state index in [9.17, 15) is 18.3 Å². The average Bonchev–Trinajstić information content (AvgIpc) is 3.25. The Kier molecular flexibility index (Phi) is 4.81. The SMILES string of the molecule is C[C@]12Cc3cnoc3C=C1CCC1C2[C@@H](O)C[C@@]2(C)C1CC[C@@H]2C(=O)COS(C)(=O)=O. The molecule has 7 atom stereocenters. The van der Waals surface area contributed by atoms with Crippen LogP contribution in [0.5, 0.6) is 0 Å². The Morgan fingerprint density at radius 3 is 2.84 bits per heavy atom. The lowest BCUT2D eigenvalue weighted by molar-refractivity contribution is -0.143. The number of carbonyl (C=O) groups is 1. The van der Waals surface area contributed by atoms with Gasteiger partial charge < -0.3 is 9.63 Å². The normalized spacial score (nSPS) is 41.5. The van der Waals surface area contributed by atoms with Crippen LogP contribution in [0.2, 0.25) is 0 Å². The predicted molar refractivity (Wildman–Crippen MR) is 113 cm³/mol. The van der Waals surface area contributed by atoms with E-state index in [-0.39, 0.29) is 28.4 Å². The zero-order valence-corrected chi connectivity index (χ0v) is 19.2. The number of rotatable bonds is 4. The number of allylic oxidation sites excluding steroid dienone is 1. The van der Waals surface area contributed by atoms with Gasteiger partial charge in [0.05, 0.1) is 18.6 Å². The van der Waals surface area contributed by atoms with Gasteiger partial charge in [-0.3, -0.25) is 8.98 Å². The predicted octanol–water partition coefficient (Wildman–Crippen LogP) is 2.99. The van der Waals surface area contributed by atoms with E-state index in [1.54, 1.807) is 6.20 Å². The van der Waals surface area contributed by atoms with Gasteiger partial charge in [-0.1, -0.05) is 24.6 Å². The molecular formula is C23H31NO6S. The minimum atomic E-state index is -3.66. The van der Waals surface area contributed by atoms with Crippen LogP contribution < -0.4 is 0 Å². The number of aliphatic hydroxyl groups excluding tert-OH is 1. The number of aromatic nitrogens is 1. The highest BCUT2D eigenvalue weighted by Gasteiger charge is 2.63. The summed E-state index contributed by atoms with van der Waals surface area (Å²) in [5.74, 6) is 1.24. The number of ketones is 1. The number of Topliss-reactive ketones (excluding diaryl/α,β-unsaturated/α-hetero) is 1. The van der Waals surface area contributed by atoms with Crippen LogP contribution in [0.4, 0.5) is 0 Å². The maximum atomic E-state index is 12.9. The van der Waals surface area contributed by atoms with Crippen molar-refractivity contribution in [2.24, 2.45) is 34.5 Å². The summed E-state index contributed by atoms with van der Waals surface area (Å²) in [6.45, 7) is 3.99. The van der Waals surface area contributed by atoms with Crippen LogP contribution in [-0.2, 0) is 25.5 Å². The summed E-state index contributed by atoms with van der Waals surface area (Å²) in [7, 11) is -3.66. The fraction of sp³-hybridized carbons (Fsp3) is 0.739. The number of carbonyl (C=O) groups excluding carboxylic acids is 1. The fourth-order valence-electron chi connectivity index (χ4n) is 7.81.